The molecule has 0 spiro atoms. The third kappa shape index (κ3) is 3.03. The van der Waals surface area contributed by atoms with Crippen LogP contribution in [0.2, 0.25) is 0 Å². The molecule has 4 heteroatoms. The van der Waals surface area contributed by atoms with E-state index in [0.29, 0.717) is 19.0 Å². The summed E-state index contributed by atoms with van der Waals surface area (Å²) in [6.45, 7) is 3.25. The first kappa shape index (κ1) is 18.3. The first-order valence-corrected chi connectivity index (χ1v) is 10.5. The summed E-state index contributed by atoms with van der Waals surface area (Å²) in [6, 6.07) is 19.7. The van der Waals surface area contributed by atoms with Crippen LogP contribution >= 0.6 is 0 Å². The number of benzene rings is 2. The van der Waals surface area contributed by atoms with Gasteiger partial charge in [0.2, 0.25) is 0 Å². The summed E-state index contributed by atoms with van der Waals surface area (Å²) in [5.74, 6) is 0.473. The number of amides is 1. The Labute approximate surface area is 171 Å². The summed E-state index contributed by atoms with van der Waals surface area (Å²) in [7, 11) is 0. The average Bonchev–Trinajstić information content (AvgIpc) is 3.19. The molecule has 3 aromatic rings. The van der Waals surface area contributed by atoms with Crippen LogP contribution in [0.25, 0.3) is 10.9 Å². The van der Waals surface area contributed by atoms with E-state index in [4.69, 9.17) is 0 Å². The van der Waals surface area contributed by atoms with Crippen molar-refractivity contribution in [1.82, 2.24) is 9.88 Å². The Morgan fingerprint density at radius 1 is 1.10 bits per heavy atom. The Kier molecular flexibility index (Phi) is 4.39. The van der Waals surface area contributed by atoms with E-state index in [1.165, 1.54) is 0 Å². The summed E-state index contributed by atoms with van der Waals surface area (Å²) in [5.41, 5.74) is 2.55. The van der Waals surface area contributed by atoms with Gasteiger partial charge in [0.05, 0.1) is 16.7 Å². The highest BCUT2D eigenvalue weighted by Gasteiger charge is 2.50. The highest BCUT2D eigenvalue weighted by Crippen LogP contribution is 2.48. The van der Waals surface area contributed by atoms with Crippen molar-refractivity contribution >= 4 is 16.8 Å². The van der Waals surface area contributed by atoms with Crippen molar-refractivity contribution < 1.29 is 9.90 Å². The largest absolute Gasteiger partial charge is 0.385 e. The number of fused-ring (bicyclic) bond motifs is 2. The lowest BCUT2D eigenvalue weighted by Gasteiger charge is -2.41. The molecule has 2 aliphatic rings. The molecule has 1 saturated heterocycles. The Morgan fingerprint density at radius 3 is 2.69 bits per heavy atom. The maximum Gasteiger partial charge on any atom is 0.254 e. The van der Waals surface area contributed by atoms with E-state index in [2.05, 4.69) is 4.98 Å². The van der Waals surface area contributed by atoms with Gasteiger partial charge < -0.3 is 10.0 Å². The number of hydrogen-bond donors (Lipinski definition) is 1. The number of pyridine rings is 1. The zero-order valence-electron chi connectivity index (χ0n) is 16.7. The van der Waals surface area contributed by atoms with Gasteiger partial charge in [0.25, 0.3) is 5.91 Å². The fourth-order valence-corrected chi connectivity index (χ4v) is 5.43. The third-order valence-electron chi connectivity index (χ3n) is 6.82. The molecule has 1 saturated carbocycles. The fourth-order valence-electron chi connectivity index (χ4n) is 5.43. The Hall–Kier alpha value is -2.72. The molecule has 1 aromatic heterocycles. The number of likely N-dealkylation sites (tertiary alicyclic amines) is 1. The molecule has 0 unspecified atom stereocenters. The zero-order chi connectivity index (χ0) is 20.0. The number of aliphatic hydroxyl groups is 1. The second kappa shape index (κ2) is 6.96. The van der Waals surface area contributed by atoms with Crippen molar-refractivity contribution in [2.75, 3.05) is 13.1 Å². The molecule has 1 aliphatic carbocycles. The van der Waals surface area contributed by atoms with Gasteiger partial charge in [0, 0.05) is 30.1 Å². The summed E-state index contributed by atoms with van der Waals surface area (Å²) in [4.78, 5) is 20.0. The normalized spacial score (nSPS) is 26.5. The lowest BCUT2D eigenvalue weighted by atomic mass is 9.67. The Balaban J connectivity index is 1.48. The minimum Gasteiger partial charge on any atom is -0.385 e. The summed E-state index contributed by atoms with van der Waals surface area (Å²) < 4.78 is 0. The molecule has 5 rings (SSSR count). The summed E-state index contributed by atoms with van der Waals surface area (Å²) in [5, 5.41) is 12.6. The molecule has 1 aliphatic heterocycles. The van der Waals surface area contributed by atoms with Crippen LogP contribution in [0.15, 0.2) is 60.7 Å². The van der Waals surface area contributed by atoms with Crippen molar-refractivity contribution in [1.29, 1.82) is 0 Å². The predicted octanol–water partition coefficient (Wildman–Crippen LogP) is 4.30. The lowest BCUT2D eigenvalue weighted by Crippen LogP contribution is -2.42. The molecule has 2 aromatic carbocycles. The number of aromatic nitrogens is 1. The molecule has 2 heterocycles. The smallest absolute Gasteiger partial charge is 0.254 e. The molecule has 0 radical (unpaired) electrons. The second-order valence-corrected chi connectivity index (χ2v) is 8.59. The van der Waals surface area contributed by atoms with E-state index in [1.807, 2.05) is 72.5 Å². The van der Waals surface area contributed by atoms with E-state index in [1.54, 1.807) is 0 Å². The number of aryl methyl sites for hydroxylation is 1. The number of para-hydroxylation sites is 1. The molecule has 1 amide bonds. The second-order valence-electron chi connectivity index (χ2n) is 8.59. The average molecular weight is 386 g/mol. The van der Waals surface area contributed by atoms with Gasteiger partial charge in [-0.2, -0.15) is 0 Å². The van der Waals surface area contributed by atoms with Crippen molar-refractivity contribution in [2.45, 2.75) is 31.8 Å². The Bertz CT molecular complexity index is 1060. The summed E-state index contributed by atoms with van der Waals surface area (Å²) >= 11 is 0. The van der Waals surface area contributed by atoms with Gasteiger partial charge in [-0.1, -0.05) is 48.5 Å². The molecule has 29 heavy (non-hydrogen) atoms. The monoisotopic (exact) mass is 386 g/mol. The van der Waals surface area contributed by atoms with Gasteiger partial charge in [0.15, 0.2) is 0 Å². The SMILES string of the molecule is Cc1cc(C(=O)N2C[C@@H]3CCC[C@@](O)(c4ccccc4)[C@@H]3C2)c2ccccc2n1. The van der Waals surface area contributed by atoms with Crippen molar-refractivity contribution in [2.24, 2.45) is 11.8 Å². The standard InChI is InChI=1S/C25H26N2O2/c1-17-14-21(20-11-5-6-12-23(20)26-17)24(28)27-15-18-8-7-13-25(29,22(18)16-27)19-9-3-2-4-10-19/h2-6,9-12,14,18,22,29H,7-8,13,15-16H2,1H3/t18-,22+,25+/m0/s1. The van der Waals surface area contributed by atoms with Crippen LogP contribution in [0.4, 0.5) is 0 Å². The first-order valence-electron chi connectivity index (χ1n) is 10.5. The molecule has 1 N–H and O–H groups in total. The topological polar surface area (TPSA) is 53.4 Å². The van der Waals surface area contributed by atoms with E-state index in [9.17, 15) is 9.90 Å². The Morgan fingerprint density at radius 2 is 1.86 bits per heavy atom. The van der Waals surface area contributed by atoms with Gasteiger partial charge >= 0.3 is 0 Å². The van der Waals surface area contributed by atoms with E-state index in [-0.39, 0.29) is 11.8 Å². The van der Waals surface area contributed by atoms with Gasteiger partial charge in [0.1, 0.15) is 0 Å². The highest BCUT2D eigenvalue weighted by atomic mass is 16.3. The molecule has 148 valence electrons. The van der Waals surface area contributed by atoms with Crippen LogP contribution in [-0.2, 0) is 5.60 Å². The van der Waals surface area contributed by atoms with Crippen LogP contribution in [-0.4, -0.2) is 34.0 Å². The van der Waals surface area contributed by atoms with Crippen LogP contribution in [0, 0.1) is 18.8 Å². The van der Waals surface area contributed by atoms with E-state index >= 15 is 0 Å². The molecular formula is C25H26N2O2. The minimum absolute atomic E-state index is 0.0523. The number of nitrogens with zero attached hydrogens (tertiary/aromatic N) is 2. The van der Waals surface area contributed by atoms with Gasteiger partial charge in [-0.05, 0) is 49.8 Å². The maximum atomic E-state index is 13.5. The molecule has 3 atom stereocenters. The van der Waals surface area contributed by atoms with Crippen molar-refractivity contribution in [3.05, 3.63) is 77.5 Å². The van der Waals surface area contributed by atoms with E-state index < -0.39 is 5.60 Å². The summed E-state index contributed by atoms with van der Waals surface area (Å²) in [6.07, 6.45) is 2.82. The van der Waals surface area contributed by atoms with E-state index in [0.717, 1.165) is 47.0 Å². The maximum absolute atomic E-state index is 13.5. The lowest BCUT2D eigenvalue weighted by molar-refractivity contribution is -0.0644. The zero-order valence-corrected chi connectivity index (χ0v) is 16.7. The fraction of sp³-hybridized carbons (Fsp3) is 0.360. The van der Waals surface area contributed by atoms with Crippen LogP contribution in [0.1, 0.15) is 40.9 Å². The van der Waals surface area contributed by atoms with Crippen molar-refractivity contribution in [3.63, 3.8) is 0 Å². The number of hydrogen-bond acceptors (Lipinski definition) is 3. The van der Waals surface area contributed by atoms with Gasteiger partial charge in [-0.3, -0.25) is 9.78 Å². The molecular weight excluding hydrogens is 360 g/mol. The quantitative estimate of drug-likeness (QED) is 0.714. The van der Waals surface area contributed by atoms with Crippen molar-refractivity contribution in [3.8, 4) is 0 Å². The van der Waals surface area contributed by atoms with Gasteiger partial charge in [-0.15, -0.1) is 0 Å². The molecule has 2 fully saturated rings. The van der Waals surface area contributed by atoms with Crippen LogP contribution in [0.3, 0.4) is 0 Å². The number of carbonyl (C=O) groups excluding carboxylic acids is 1. The van der Waals surface area contributed by atoms with Crippen LogP contribution < -0.4 is 0 Å². The number of rotatable bonds is 2. The molecule has 4 nitrogen and oxygen atoms in total. The predicted molar refractivity (Wildman–Crippen MR) is 114 cm³/mol. The molecule has 0 bridgehead atoms. The first-order chi connectivity index (χ1) is 14.1. The minimum atomic E-state index is -0.852. The number of carbonyl (C=O) groups is 1. The van der Waals surface area contributed by atoms with Gasteiger partial charge in [-0.25, -0.2) is 0 Å². The highest BCUT2D eigenvalue weighted by molar-refractivity contribution is 6.06. The third-order valence-corrected chi connectivity index (χ3v) is 6.82. The van der Waals surface area contributed by atoms with Crippen LogP contribution in [0.5, 0.6) is 0 Å².